The lowest BCUT2D eigenvalue weighted by Crippen LogP contribution is -2.48. The summed E-state index contributed by atoms with van der Waals surface area (Å²) in [5.41, 5.74) is -0.186. The molecule has 0 radical (unpaired) electrons. The number of nitrogens with zero attached hydrogens (tertiary/aromatic N) is 2. The molecule has 5 heteroatoms. The standard InChI is InChI=1S/C19H32N2O3/c22-18-12-19(5-7-20(8-6-19)13-16-3-4-16)24-11-9-21(18)14-17-2-1-10-23-15-17/h16-17H,1-15H2. The molecule has 0 bridgehead atoms. The van der Waals surface area contributed by atoms with Crippen molar-refractivity contribution >= 4 is 5.91 Å². The molecular weight excluding hydrogens is 304 g/mol. The smallest absolute Gasteiger partial charge is 0.225 e. The van der Waals surface area contributed by atoms with Crippen molar-refractivity contribution in [1.82, 2.24) is 9.80 Å². The second kappa shape index (κ2) is 7.30. The van der Waals surface area contributed by atoms with Crippen molar-refractivity contribution in [3.05, 3.63) is 0 Å². The first-order chi connectivity index (χ1) is 11.7. The topological polar surface area (TPSA) is 42.0 Å². The van der Waals surface area contributed by atoms with E-state index in [1.54, 1.807) is 0 Å². The Morgan fingerprint density at radius 3 is 2.54 bits per heavy atom. The summed E-state index contributed by atoms with van der Waals surface area (Å²) >= 11 is 0. The highest BCUT2D eigenvalue weighted by atomic mass is 16.5. The minimum absolute atomic E-state index is 0.186. The fourth-order valence-electron chi connectivity index (χ4n) is 4.52. The molecule has 1 unspecified atom stereocenters. The maximum absolute atomic E-state index is 12.8. The van der Waals surface area contributed by atoms with E-state index in [1.165, 1.54) is 25.8 Å². The molecule has 0 aromatic rings. The quantitative estimate of drug-likeness (QED) is 0.786. The molecule has 4 fully saturated rings. The highest BCUT2D eigenvalue weighted by molar-refractivity contribution is 5.77. The summed E-state index contributed by atoms with van der Waals surface area (Å²) in [6.45, 7) is 7.45. The van der Waals surface area contributed by atoms with Crippen molar-refractivity contribution in [3.63, 3.8) is 0 Å². The molecular formula is C19H32N2O3. The van der Waals surface area contributed by atoms with Gasteiger partial charge in [0.25, 0.3) is 0 Å². The molecule has 3 saturated heterocycles. The van der Waals surface area contributed by atoms with Crippen LogP contribution < -0.4 is 0 Å². The Morgan fingerprint density at radius 2 is 1.83 bits per heavy atom. The summed E-state index contributed by atoms with van der Waals surface area (Å²) in [6.07, 6.45) is 7.76. The molecule has 3 aliphatic heterocycles. The summed E-state index contributed by atoms with van der Waals surface area (Å²) in [7, 11) is 0. The first-order valence-electron chi connectivity index (χ1n) is 9.94. The van der Waals surface area contributed by atoms with Gasteiger partial charge < -0.3 is 19.3 Å². The van der Waals surface area contributed by atoms with Gasteiger partial charge in [-0.2, -0.15) is 0 Å². The van der Waals surface area contributed by atoms with E-state index in [0.29, 0.717) is 24.9 Å². The van der Waals surface area contributed by atoms with Crippen LogP contribution in [0.2, 0.25) is 0 Å². The molecule has 0 aromatic carbocycles. The average molecular weight is 336 g/mol. The van der Waals surface area contributed by atoms with Gasteiger partial charge in [0.15, 0.2) is 0 Å². The van der Waals surface area contributed by atoms with Crippen LogP contribution in [-0.2, 0) is 14.3 Å². The van der Waals surface area contributed by atoms with Gasteiger partial charge in [0.05, 0.1) is 25.2 Å². The molecule has 5 nitrogen and oxygen atoms in total. The summed E-state index contributed by atoms with van der Waals surface area (Å²) in [5.74, 6) is 1.76. The predicted octanol–water partition coefficient (Wildman–Crippen LogP) is 1.91. The SMILES string of the molecule is O=C1CC2(CCN(CC3CC3)CC2)OCCN1CC1CCCOC1. The molecule has 24 heavy (non-hydrogen) atoms. The van der Waals surface area contributed by atoms with Crippen LogP contribution in [0.5, 0.6) is 0 Å². The van der Waals surface area contributed by atoms with Crippen LogP contribution in [0.4, 0.5) is 0 Å². The molecule has 1 atom stereocenters. The molecule has 136 valence electrons. The number of amides is 1. The summed E-state index contributed by atoms with van der Waals surface area (Å²) < 4.78 is 11.8. The van der Waals surface area contributed by atoms with Gasteiger partial charge in [0.2, 0.25) is 5.91 Å². The minimum atomic E-state index is -0.186. The number of ether oxygens (including phenoxy) is 2. The summed E-state index contributed by atoms with van der Waals surface area (Å²) in [4.78, 5) is 17.5. The van der Waals surface area contributed by atoms with Gasteiger partial charge >= 0.3 is 0 Å². The minimum Gasteiger partial charge on any atom is -0.381 e. The Bertz CT molecular complexity index is 438. The van der Waals surface area contributed by atoms with Crippen LogP contribution >= 0.6 is 0 Å². The van der Waals surface area contributed by atoms with Crippen molar-refractivity contribution in [3.8, 4) is 0 Å². The van der Waals surface area contributed by atoms with Crippen LogP contribution in [0.25, 0.3) is 0 Å². The molecule has 4 aliphatic rings. The van der Waals surface area contributed by atoms with Crippen LogP contribution in [0.3, 0.4) is 0 Å². The Kier molecular flexibility index (Phi) is 5.11. The fraction of sp³-hybridized carbons (Fsp3) is 0.947. The van der Waals surface area contributed by atoms with Gasteiger partial charge in [-0.05, 0) is 50.4 Å². The number of hydrogen-bond acceptors (Lipinski definition) is 4. The number of rotatable bonds is 4. The lowest BCUT2D eigenvalue weighted by molar-refractivity contribution is -0.136. The number of hydrogen-bond donors (Lipinski definition) is 0. The Hall–Kier alpha value is -0.650. The highest BCUT2D eigenvalue weighted by Crippen LogP contribution is 2.35. The lowest BCUT2D eigenvalue weighted by Gasteiger charge is -2.40. The van der Waals surface area contributed by atoms with Crippen molar-refractivity contribution < 1.29 is 14.3 Å². The molecule has 1 saturated carbocycles. The third kappa shape index (κ3) is 4.12. The van der Waals surface area contributed by atoms with E-state index >= 15 is 0 Å². The van der Waals surface area contributed by atoms with Crippen LogP contribution in [0.1, 0.15) is 44.9 Å². The zero-order valence-corrected chi connectivity index (χ0v) is 14.9. The highest BCUT2D eigenvalue weighted by Gasteiger charge is 2.41. The van der Waals surface area contributed by atoms with Crippen LogP contribution in [-0.4, -0.2) is 73.9 Å². The summed E-state index contributed by atoms with van der Waals surface area (Å²) in [5, 5.41) is 0. The number of piperidine rings is 1. The Labute approximate surface area is 145 Å². The van der Waals surface area contributed by atoms with Crippen molar-refractivity contribution in [2.45, 2.75) is 50.5 Å². The first-order valence-corrected chi connectivity index (χ1v) is 9.94. The van der Waals surface area contributed by atoms with Crippen LogP contribution in [0, 0.1) is 11.8 Å². The molecule has 3 heterocycles. The first kappa shape index (κ1) is 16.8. The fourth-order valence-corrected chi connectivity index (χ4v) is 4.52. The maximum Gasteiger partial charge on any atom is 0.225 e. The summed E-state index contributed by atoms with van der Waals surface area (Å²) in [6, 6.07) is 0. The zero-order chi connectivity index (χ0) is 16.4. The van der Waals surface area contributed by atoms with Gasteiger partial charge in [-0.1, -0.05) is 0 Å². The van der Waals surface area contributed by atoms with Crippen molar-refractivity contribution in [1.29, 1.82) is 0 Å². The number of carbonyl (C=O) groups is 1. The molecule has 1 amide bonds. The normalized spacial score (nSPS) is 32.1. The predicted molar refractivity (Wildman–Crippen MR) is 91.8 cm³/mol. The third-order valence-electron chi connectivity index (χ3n) is 6.31. The van der Waals surface area contributed by atoms with Gasteiger partial charge in [-0.3, -0.25) is 4.79 Å². The molecule has 1 spiro atoms. The van der Waals surface area contributed by atoms with Crippen molar-refractivity contribution in [2.75, 3.05) is 52.5 Å². The molecule has 4 rings (SSSR count). The number of carbonyl (C=O) groups excluding carboxylic acids is 1. The lowest BCUT2D eigenvalue weighted by atomic mass is 9.87. The molecule has 1 aliphatic carbocycles. The molecule has 0 N–H and O–H groups in total. The zero-order valence-electron chi connectivity index (χ0n) is 14.9. The van der Waals surface area contributed by atoms with E-state index in [4.69, 9.17) is 9.47 Å². The van der Waals surface area contributed by atoms with E-state index in [9.17, 15) is 4.79 Å². The van der Waals surface area contributed by atoms with Crippen molar-refractivity contribution in [2.24, 2.45) is 11.8 Å². The van der Waals surface area contributed by atoms with Gasteiger partial charge in [0, 0.05) is 39.3 Å². The largest absolute Gasteiger partial charge is 0.381 e. The maximum atomic E-state index is 12.8. The monoisotopic (exact) mass is 336 g/mol. The van der Waals surface area contributed by atoms with Gasteiger partial charge in [0.1, 0.15) is 0 Å². The van der Waals surface area contributed by atoms with Gasteiger partial charge in [-0.25, -0.2) is 0 Å². The third-order valence-corrected chi connectivity index (χ3v) is 6.31. The second-order valence-electron chi connectivity index (χ2n) is 8.38. The number of likely N-dealkylation sites (tertiary alicyclic amines) is 1. The van der Waals surface area contributed by atoms with Crippen LogP contribution in [0.15, 0.2) is 0 Å². The van der Waals surface area contributed by atoms with Gasteiger partial charge in [-0.15, -0.1) is 0 Å². The average Bonchev–Trinajstić information content (AvgIpc) is 3.41. The van der Waals surface area contributed by atoms with E-state index < -0.39 is 0 Å². The van der Waals surface area contributed by atoms with E-state index in [2.05, 4.69) is 4.90 Å². The second-order valence-corrected chi connectivity index (χ2v) is 8.38. The Morgan fingerprint density at radius 1 is 1.00 bits per heavy atom. The van der Waals surface area contributed by atoms with E-state index in [-0.39, 0.29) is 5.60 Å². The Balaban J connectivity index is 1.30. The molecule has 0 aromatic heterocycles. The van der Waals surface area contributed by atoms with E-state index in [1.807, 2.05) is 4.90 Å². The van der Waals surface area contributed by atoms with E-state index in [0.717, 1.165) is 64.6 Å².